The second-order valence-corrected chi connectivity index (χ2v) is 10.6. The zero-order valence-corrected chi connectivity index (χ0v) is 20.5. The first kappa shape index (κ1) is 24.0. The number of rotatable bonds is 4. The van der Waals surface area contributed by atoms with E-state index in [4.69, 9.17) is 0 Å². The van der Waals surface area contributed by atoms with Crippen molar-refractivity contribution in [3.05, 3.63) is 96.6 Å². The highest BCUT2D eigenvalue weighted by molar-refractivity contribution is 8.00. The molecule has 1 amide bonds. The van der Waals surface area contributed by atoms with E-state index in [0.29, 0.717) is 0 Å². The van der Waals surface area contributed by atoms with Gasteiger partial charge in [-0.2, -0.15) is 0 Å². The predicted molar refractivity (Wildman–Crippen MR) is 133 cm³/mol. The molecule has 5 rings (SSSR count). The number of carbonyl (C=O) groups is 1. The van der Waals surface area contributed by atoms with Crippen molar-refractivity contribution < 1.29 is 22.4 Å². The minimum Gasteiger partial charge on any atom is -0.744 e. The number of hydrogen-bond acceptors (Lipinski definition) is 7. The standard InChI is InChI=1S/C18H15N3OS2.C6H6O3S/c1-23-18-21-16(15(24-18)13-10-6-3-7-11-13)19-17(22)14(20-21)12-8-4-2-5-9-12;7-10(8,9)6-4-2-1-3-5-6/h2-11,14,20H,1H3;1-5H,(H,7,8,9). The Balaban J connectivity index is 0.000000231. The Bertz CT molecular complexity index is 1380. The van der Waals surface area contributed by atoms with Crippen LogP contribution in [0.3, 0.4) is 0 Å². The molecule has 1 unspecified atom stereocenters. The Kier molecular flexibility index (Phi) is 7.32. The van der Waals surface area contributed by atoms with E-state index in [1.54, 1.807) is 29.2 Å². The van der Waals surface area contributed by atoms with Gasteiger partial charge in [0.1, 0.15) is 15.0 Å². The van der Waals surface area contributed by atoms with Gasteiger partial charge in [0.15, 0.2) is 6.04 Å². The molecular weight excluding hydrogens is 490 g/mol. The van der Waals surface area contributed by atoms with E-state index >= 15 is 0 Å². The van der Waals surface area contributed by atoms with Gasteiger partial charge in [-0.25, -0.2) is 24.0 Å². The Morgan fingerprint density at radius 1 is 0.912 bits per heavy atom. The second kappa shape index (κ2) is 10.4. The molecule has 0 saturated carbocycles. The Hall–Kier alpha value is -3.18. The molecule has 3 aromatic carbocycles. The van der Waals surface area contributed by atoms with Gasteiger partial charge in [-0.3, -0.25) is 0 Å². The van der Waals surface area contributed by atoms with Crippen molar-refractivity contribution in [2.45, 2.75) is 15.3 Å². The summed E-state index contributed by atoms with van der Waals surface area (Å²) in [6.07, 6.45) is 2.05. The topological polar surface area (TPSA) is 102 Å². The van der Waals surface area contributed by atoms with E-state index < -0.39 is 16.2 Å². The van der Waals surface area contributed by atoms with Gasteiger partial charge in [-0.15, -0.1) is 4.68 Å². The largest absolute Gasteiger partial charge is 0.744 e. The van der Waals surface area contributed by atoms with E-state index in [1.165, 1.54) is 24.3 Å². The molecule has 0 bridgehead atoms. The molecule has 0 radical (unpaired) electrons. The van der Waals surface area contributed by atoms with Crippen molar-refractivity contribution >= 4 is 44.9 Å². The molecule has 0 fully saturated rings. The van der Waals surface area contributed by atoms with Crippen LogP contribution in [0.25, 0.3) is 10.4 Å². The Morgan fingerprint density at radius 3 is 2.00 bits per heavy atom. The van der Waals surface area contributed by atoms with Crippen molar-refractivity contribution in [3.63, 3.8) is 0 Å². The molecule has 2 heterocycles. The molecule has 1 aliphatic rings. The molecular formula is C24H21N3O4S3. The van der Waals surface area contributed by atoms with Crippen LogP contribution < -0.4 is 15.4 Å². The average molecular weight is 512 g/mol. The molecule has 174 valence electrons. The molecule has 34 heavy (non-hydrogen) atoms. The fraction of sp³-hybridized carbons (Fsp3) is 0.0833. The Labute approximate surface area is 206 Å². The number of fused-ring (bicyclic) bond motifs is 1. The minimum absolute atomic E-state index is 0.0381. The first-order valence-corrected chi connectivity index (χ1v) is 13.6. The quantitative estimate of drug-likeness (QED) is 0.241. The zero-order valence-electron chi connectivity index (χ0n) is 18.0. The van der Waals surface area contributed by atoms with E-state index in [0.717, 1.165) is 26.2 Å². The molecule has 1 aliphatic heterocycles. The van der Waals surface area contributed by atoms with Crippen LogP contribution in [-0.4, -0.2) is 25.1 Å². The lowest BCUT2D eigenvalue weighted by Crippen LogP contribution is -2.56. The zero-order chi connectivity index (χ0) is 24.1. The number of aromatic nitrogens is 1. The summed E-state index contributed by atoms with van der Waals surface area (Å²) in [4.78, 5) is 13.5. The normalized spacial score (nSPS) is 14.8. The molecule has 2 N–H and O–H groups in total. The monoisotopic (exact) mass is 511 g/mol. The number of thioether (sulfide) groups is 1. The summed E-state index contributed by atoms with van der Waals surface area (Å²) < 4.78 is 33.9. The van der Waals surface area contributed by atoms with Gasteiger partial charge < -0.3 is 4.55 Å². The fourth-order valence-electron chi connectivity index (χ4n) is 3.36. The summed E-state index contributed by atoms with van der Waals surface area (Å²) in [5.74, 6) is 0.775. The van der Waals surface area contributed by atoms with Gasteiger partial charge in [0.05, 0.1) is 4.90 Å². The maximum absolute atomic E-state index is 12.6. The lowest BCUT2D eigenvalue weighted by Gasteiger charge is -2.20. The van der Waals surface area contributed by atoms with Gasteiger partial charge in [0, 0.05) is 5.56 Å². The van der Waals surface area contributed by atoms with Crippen molar-refractivity contribution in [1.29, 1.82) is 0 Å². The number of carbonyl (C=O) groups excluding carboxylic acids is 1. The van der Waals surface area contributed by atoms with Gasteiger partial charge in [0.25, 0.3) is 0 Å². The lowest BCUT2D eigenvalue weighted by molar-refractivity contribution is -0.671. The third-order valence-corrected chi connectivity index (χ3v) is 8.07. The predicted octanol–water partition coefficient (Wildman–Crippen LogP) is 4.25. The van der Waals surface area contributed by atoms with Gasteiger partial charge in [-0.1, -0.05) is 102 Å². The summed E-state index contributed by atoms with van der Waals surface area (Å²) in [5.41, 5.74) is 5.42. The molecule has 7 nitrogen and oxygen atoms in total. The number of anilines is 1. The van der Waals surface area contributed by atoms with Crippen LogP contribution in [0.4, 0.5) is 5.82 Å². The summed E-state index contributed by atoms with van der Waals surface area (Å²) in [6, 6.07) is 26.7. The van der Waals surface area contributed by atoms with Gasteiger partial charge >= 0.3 is 11.7 Å². The molecule has 1 atom stereocenters. The van der Waals surface area contributed by atoms with Crippen molar-refractivity contribution in [3.8, 4) is 10.4 Å². The van der Waals surface area contributed by atoms with E-state index in [9.17, 15) is 17.8 Å². The van der Waals surface area contributed by atoms with Crippen LogP contribution in [0.5, 0.6) is 0 Å². The third kappa shape index (κ3) is 5.31. The molecule has 0 aliphatic carbocycles. The lowest BCUT2D eigenvalue weighted by atomic mass is 10.1. The van der Waals surface area contributed by atoms with Crippen LogP contribution in [-0.2, 0) is 14.9 Å². The van der Waals surface area contributed by atoms with Crippen LogP contribution in [0.15, 0.2) is 100 Å². The second-order valence-electron chi connectivity index (χ2n) is 7.18. The first-order chi connectivity index (χ1) is 16.4. The highest BCUT2D eigenvalue weighted by atomic mass is 32.2. The maximum atomic E-state index is 12.6. The van der Waals surface area contributed by atoms with Crippen LogP contribution in [0.1, 0.15) is 11.6 Å². The number of thiazole rings is 1. The SMILES string of the molecule is CSc1sc(-c2ccccc2)c2[n+]1NC(c1ccccc1)C(=O)N2.O=S(=O)([O-])c1ccccc1. The molecule has 10 heteroatoms. The smallest absolute Gasteiger partial charge is 0.338 e. The molecule has 0 saturated heterocycles. The summed E-state index contributed by atoms with van der Waals surface area (Å²) in [6.45, 7) is 0. The number of nitrogens with one attached hydrogen (secondary N) is 2. The van der Waals surface area contributed by atoms with Crippen LogP contribution >= 0.6 is 23.1 Å². The highest BCUT2D eigenvalue weighted by Crippen LogP contribution is 2.37. The van der Waals surface area contributed by atoms with E-state index in [1.807, 2.05) is 59.5 Å². The Morgan fingerprint density at radius 2 is 1.47 bits per heavy atom. The van der Waals surface area contributed by atoms with E-state index in [-0.39, 0.29) is 10.8 Å². The van der Waals surface area contributed by atoms with E-state index in [2.05, 4.69) is 22.9 Å². The van der Waals surface area contributed by atoms with Crippen molar-refractivity contribution in [1.82, 2.24) is 0 Å². The number of benzene rings is 3. The molecule has 1 aromatic heterocycles. The summed E-state index contributed by atoms with van der Waals surface area (Å²) in [7, 11) is -4.25. The average Bonchev–Trinajstić information content (AvgIpc) is 3.22. The maximum Gasteiger partial charge on any atom is 0.338 e. The molecule has 0 spiro atoms. The number of amides is 1. The number of hydrogen-bond donors (Lipinski definition) is 2. The van der Waals surface area contributed by atoms with Crippen molar-refractivity contribution in [2.24, 2.45) is 0 Å². The van der Waals surface area contributed by atoms with Gasteiger partial charge in [0.2, 0.25) is 4.34 Å². The molecule has 4 aromatic rings. The van der Waals surface area contributed by atoms with Crippen LogP contribution in [0.2, 0.25) is 0 Å². The highest BCUT2D eigenvalue weighted by Gasteiger charge is 2.38. The van der Waals surface area contributed by atoms with Gasteiger partial charge in [-0.05, 0) is 24.0 Å². The number of nitrogens with zero attached hydrogens (tertiary/aromatic N) is 1. The summed E-state index contributed by atoms with van der Waals surface area (Å²) >= 11 is 3.34. The minimum atomic E-state index is -4.25. The van der Waals surface area contributed by atoms with Crippen LogP contribution in [0, 0.1) is 0 Å². The fourth-order valence-corrected chi connectivity index (χ4v) is 5.66. The first-order valence-electron chi connectivity index (χ1n) is 10.2. The van der Waals surface area contributed by atoms with Crippen molar-refractivity contribution in [2.75, 3.05) is 17.0 Å². The summed E-state index contributed by atoms with van der Waals surface area (Å²) in [5, 5.41) is 3.09. The third-order valence-electron chi connectivity index (χ3n) is 4.95.